The van der Waals surface area contributed by atoms with Crippen molar-refractivity contribution in [2.45, 2.75) is 26.4 Å². The molecule has 0 saturated heterocycles. The largest absolute Gasteiger partial charge is 0.492 e. The van der Waals surface area contributed by atoms with Crippen LogP contribution in [0.3, 0.4) is 0 Å². The second kappa shape index (κ2) is 8.86. The highest BCUT2D eigenvalue weighted by Gasteiger charge is 2.15. The number of aldehydes is 1. The summed E-state index contributed by atoms with van der Waals surface area (Å²) in [7, 11) is 0. The Hall–Kier alpha value is -2.60. The Bertz CT molecular complexity index is 833. The number of halogens is 2. The minimum Gasteiger partial charge on any atom is -0.492 e. The fraction of sp³-hybridized carbons (Fsp3) is 0.300. The van der Waals surface area contributed by atoms with Gasteiger partial charge in [0.15, 0.2) is 0 Å². The van der Waals surface area contributed by atoms with E-state index in [4.69, 9.17) is 21.1 Å². The van der Waals surface area contributed by atoms with Gasteiger partial charge in [0.25, 0.3) is 0 Å². The van der Waals surface area contributed by atoms with Crippen molar-refractivity contribution in [2.75, 3.05) is 13.2 Å². The van der Waals surface area contributed by atoms with Crippen molar-refractivity contribution < 1.29 is 23.5 Å². The zero-order valence-electron chi connectivity index (χ0n) is 15.3. The molecule has 1 N–H and O–H groups in total. The fourth-order valence-corrected chi connectivity index (χ4v) is 2.37. The first kappa shape index (κ1) is 20.7. The molecule has 5 nitrogen and oxygen atoms in total. The summed E-state index contributed by atoms with van der Waals surface area (Å²) in [5, 5.41) is 2.60. The summed E-state index contributed by atoms with van der Waals surface area (Å²) in [6, 6.07) is 9.27. The van der Waals surface area contributed by atoms with Gasteiger partial charge in [-0.2, -0.15) is 0 Å². The van der Waals surface area contributed by atoms with Crippen LogP contribution in [0.4, 0.5) is 9.18 Å². The Morgan fingerprint density at radius 2 is 1.93 bits per heavy atom. The Labute approximate surface area is 162 Å². The van der Waals surface area contributed by atoms with Gasteiger partial charge in [-0.05, 0) is 62.2 Å². The van der Waals surface area contributed by atoms with Crippen LogP contribution in [0.5, 0.6) is 5.75 Å². The van der Waals surface area contributed by atoms with Gasteiger partial charge in [0.2, 0.25) is 0 Å². The maximum Gasteiger partial charge on any atom is 0.407 e. The van der Waals surface area contributed by atoms with Crippen molar-refractivity contribution in [3.8, 4) is 16.9 Å². The van der Waals surface area contributed by atoms with Crippen LogP contribution < -0.4 is 10.1 Å². The van der Waals surface area contributed by atoms with E-state index >= 15 is 0 Å². The van der Waals surface area contributed by atoms with Crippen LogP contribution in [0.2, 0.25) is 5.02 Å². The molecule has 1 amide bonds. The molecule has 7 heteroatoms. The zero-order valence-corrected chi connectivity index (χ0v) is 16.1. The minimum atomic E-state index is -0.577. The lowest BCUT2D eigenvalue weighted by atomic mass is 10.0. The van der Waals surface area contributed by atoms with E-state index in [1.165, 1.54) is 12.1 Å². The predicted molar refractivity (Wildman–Crippen MR) is 102 cm³/mol. The Morgan fingerprint density at radius 3 is 2.56 bits per heavy atom. The summed E-state index contributed by atoms with van der Waals surface area (Å²) >= 11 is 5.71. The average molecular weight is 394 g/mol. The number of carbonyl (C=O) groups is 2. The van der Waals surface area contributed by atoms with Gasteiger partial charge in [-0.25, -0.2) is 9.18 Å². The lowest BCUT2D eigenvalue weighted by Gasteiger charge is -2.19. The van der Waals surface area contributed by atoms with E-state index in [9.17, 15) is 14.0 Å². The highest BCUT2D eigenvalue weighted by molar-refractivity contribution is 6.30. The molecule has 0 aliphatic rings. The molecule has 2 rings (SSSR count). The van der Waals surface area contributed by atoms with E-state index in [2.05, 4.69) is 5.32 Å². The third-order valence-electron chi connectivity index (χ3n) is 3.36. The molecule has 0 bridgehead atoms. The van der Waals surface area contributed by atoms with Crippen molar-refractivity contribution in [1.82, 2.24) is 5.32 Å². The van der Waals surface area contributed by atoms with Gasteiger partial charge in [0.1, 0.15) is 30.1 Å². The summed E-state index contributed by atoms with van der Waals surface area (Å²) in [5.41, 5.74) is 0.993. The topological polar surface area (TPSA) is 64.6 Å². The smallest absolute Gasteiger partial charge is 0.407 e. The molecular formula is C20H21ClFNO4. The number of ether oxygens (including phenoxy) is 2. The van der Waals surface area contributed by atoms with Crippen LogP contribution in [0.25, 0.3) is 11.1 Å². The summed E-state index contributed by atoms with van der Waals surface area (Å²) in [6.07, 6.45) is 0.145. The van der Waals surface area contributed by atoms with E-state index < -0.39 is 17.5 Å². The average Bonchev–Trinajstić information content (AvgIpc) is 2.59. The van der Waals surface area contributed by atoms with Gasteiger partial charge in [-0.3, -0.25) is 4.79 Å². The summed E-state index contributed by atoms with van der Waals surface area (Å²) < 4.78 is 24.4. The monoisotopic (exact) mass is 393 g/mol. The molecule has 0 saturated carbocycles. The van der Waals surface area contributed by atoms with Crippen molar-refractivity contribution >= 4 is 24.0 Å². The van der Waals surface area contributed by atoms with Gasteiger partial charge >= 0.3 is 6.09 Å². The number of nitrogens with one attached hydrogen (secondary N) is 1. The molecule has 144 valence electrons. The van der Waals surface area contributed by atoms with Crippen LogP contribution in [-0.2, 0) is 4.74 Å². The first-order valence-corrected chi connectivity index (χ1v) is 8.71. The third-order valence-corrected chi connectivity index (χ3v) is 3.66. The molecule has 0 aromatic heterocycles. The highest BCUT2D eigenvalue weighted by Crippen LogP contribution is 2.28. The summed E-state index contributed by atoms with van der Waals surface area (Å²) in [5.74, 6) is -0.120. The summed E-state index contributed by atoms with van der Waals surface area (Å²) in [4.78, 5) is 22.8. The second-order valence-corrected chi connectivity index (χ2v) is 7.22. The second-order valence-electron chi connectivity index (χ2n) is 6.81. The maximum absolute atomic E-state index is 13.7. The molecule has 0 spiro atoms. The van der Waals surface area contributed by atoms with Crippen LogP contribution >= 0.6 is 11.6 Å². The number of benzene rings is 2. The summed E-state index contributed by atoms with van der Waals surface area (Å²) in [6.45, 7) is 5.72. The van der Waals surface area contributed by atoms with Gasteiger partial charge in [0.05, 0.1) is 11.6 Å². The molecular weight excluding hydrogens is 373 g/mol. The van der Waals surface area contributed by atoms with Gasteiger partial charge in [0, 0.05) is 5.56 Å². The molecule has 0 atom stereocenters. The fourth-order valence-electron chi connectivity index (χ4n) is 2.25. The molecule has 27 heavy (non-hydrogen) atoms. The van der Waals surface area contributed by atoms with Gasteiger partial charge in [-0.1, -0.05) is 17.7 Å². The number of hydrogen-bond acceptors (Lipinski definition) is 4. The quantitative estimate of drug-likeness (QED) is 0.562. The number of hydrogen-bond donors (Lipinski definition) is 1. The number of alkyl carbamates (subject to hydrolysis) is 1. The molecule has 0 radical (unpaired) electrons. The normalized spacial score (nSPS) is 11.0. The van der Waals surface area contributed by atoms with Gasteiger partial charge < -0.3 is 14.8 Å². The van der Waals surface area contributed by atoms with Crippen LogP contribution in [0.1, 0.15) is 31.1 Å². The Morgan fingerprint density at radius 1 is 1.19 bits per heavy atom. The van der Waals surface area contributed by atoms with Crippen molar-refractivity contribution in [3.05, 3.63) is 52.8 Å². The van der Waals surface area contributed by atoms with Crippen molar-refractivity contribution in [1.29, 1.82) is 0 Å². The molecule has 0 fully saturated rings. The molecule has 0 aliphatic carbocycles. The molecule has 2 aromatic carbocycles. The van der Waals surface area contributed by atoms with E-state index in [1.807, 2.05) is 0 Å². The van der Waals surface area contributed by atoms with Crippen LogP contribution in [0.15, 0.2) is 36.4 Å². The minimum absolute atomic E-state index is 0.0231. The molecule has 0 aliphatic heterocycles. The van der Waals surface area contributed by atoms with Crippen molar-refractivity contribution in [3.63, 3.8) is 0 Å². The number of amides is 1. The van der Waals surface area contributed by atoms with E-state index in [0.717, 1.165) is 0 Å². The first-order chi connectivity index (χ1) is 12.7. The number of rotatable bonds is 6. The van der Waals surface area contributed by atoms with Crippen LogP contribution in [0, 0.1) is 5.82 Å². The first-order valence-electron chi connectivity index (χ1n) is 8.33. The van der Waals surface area contributed by atoms with E-state index in [-0.39, 0.29) is 18.2 Å². The SMILES string of the molecule is CC(C)(C)OC(=O)NCCOc1cc(C=O)cc(-c2ccc(Cl)c(F)c2)c1. The molecule has 2 aromatic rings. The van der Waals surface area contributed by atoms with Gasteiger partial charge in [-0.15, -0.1) is 0 Å². The van der Waals surface area contributed by atoms with Crippen molar-refractivity contribution in [2.24, 2.45) is 0 Å². The molecule has 0 heterocycles. The van der Waals surface area contributed by atoms with Crippen LogP contribution in [-0.4, -0.2) is 31.1 Å². The standard InChI is InChI=1S/C20H21ClFNO4/c1-20(2,3)27-19(25)23-6-7-26-16-9-13(12-24)8-15(10-16)14-4-5-17(21)18(22)11-14/h4-5,8-12H,6-7H2,1-3H3,(H,23,25). The van der Waals surface area contributed by atoms with E-state index in [1.54, 1.807) is 45.0 Å². The maximum atomic E-state index is 13.7. The Balaban J connectivity index is 2.04. The van der Waals surface area contributed by atoms with E-state index in [0.29, 0.717) is 28.7 Å². The third kappa shape index (κ3) is 6.57. The zero-order chi connectivity index (χ0) is 20.0. The number of carbonyl (C=O) groups excluding carboxylic acids is 2. The lowest BCUT2D eigenvalue weighted by Crippen LogP contribution is -2.34. The highest BCUT2D eigenvalue weighted by atomic mass is 35.5. The predicted octanol–water partition coefficient (Wildman–Crippen LogP) is 4.86. The Kier molecular flexibility index (Phi) is 6.80. The molecule has 0 unspecified atom stereocenters. The lowest BCUT2D eigenvalue weighted by molar-refractivity contribution is 0.0520.